The summed E-state index contributed by atoms with van der Waals surface area (Å²) in [6, 6.07) is 4.75. The van der Waals surface area contributed by atoms with Crippen molar-refractivity contribution < 1.29 is 22.1 Å². The Morgan fingerprint density at radius 2 is 2.24 bits per heavy atom. The summed E-state index contributed by atoms with van der Waals surface area (Å²) in [5, 5.41) is 0.733. The van der Waals surface area contributed by atoms with E-state index >= 15 is 0 Å². The third-order valence-electron chi connectivity index (χ3n) is 3.58. The molecular weight excluding hydrogens is 391 g/mol. The molecule has 1 aliphatic rings. The van der Waals surface area contributed by atoms with Crippen LogP contribution in [0.15, 0.2) is 36.9 Å². The van der Waals surface area contributed by atoms with E-state index in [4.69, 9.17) is 36.9 Å². The average molecular weight is 407 g/mol. The molecule has 0 spiro atoms. The van der Waals surface area contributed by atoms with Gasteiger partial charge in [0.25, 0.3) is 10.1 Å². The second kappa shape index (κ2) is 7.61. The summed E-state index contributed by atoms with van der Waals surface area (Å²) < 4.78 is 41.8. The van der Waals surface area contributed by atoms with Gasteiger partial charge < -0.3 is 14.0 Å². The largest absolute Gasteiger partial charge is 0.348 e. The number of hydrogen-bond acceptors (Lipinski definition) is 6. The fourth-order valence-corrected chi connectivity index (χ4v) is 3.65. The van der Waals surface area contributed by atoms with Gasteiger partial charge in [0.05, 0.1) is 25.7 Å². The van der Waals surface area contributed by atoms with Crippen LogP contribution < -0.4 is 0 Å². The predicted molar refractivity (Wildman–Crippen MR) is 92.0 cm³/mol. The van der Waals surface area contributed by atoms with Crippen LogP contribution in [0.1, 0.15) is 11.7 Å². The molecular formula is C15H16Cl2N2O5S. The first kappa shape index (κ1) is 18.6. The van der Waals surface area contributed by atoms with Gasteiger partial charge in [-0.2, -0.15) is 8.42 Å². The van der Waals surface area contributed by atoms with Crippen molar-refractivity contribution in [3.05, 3.63) is 52.5 Å². The molecule has 3 unspecified atom stereocenters. The van der Waals surface area contributed by atoms with Crippen molar-refractivity contribution in [3.8, 4) is 0 Å². The van der Waals surface area contributed by atoms with Crippen molar-refractivity contribution in [2.75, 3.05) is 12.9 Å². The van der Waals surface area contributed by atoms with E-state index in [-0.39, 0.29) is 6.61 Å². The molecule has 25 heavy (non-hydrogen) atoms. The molecule has 1 saturated heterocycles. The Morgan fingerprint density at radius 1 is 1.44 bits per heavy atom. The first-order valence-corrected chi connectivity index (χ1v) is 9.95. The van der Waals surface area contributed by atoms with E-state index in [2.05, 4.69) is 4.98 Å². The number of nitrogens with zero attached hydrogens (tertiary/aromatic N) is 2. The van der Waals surface area contributed by atoms with Crippen LogP contribution in [0.25, 0.3) is 0 Å². The quantitative estimate of drug-likeness (QED) is 0.685. The number of aromatic nitrogens is 2. The minimum absolute atomic E-state index is 0.165. The molecule has 3 rings (SSSR count). The van der Waals surface area contributed by atoms with Crippen molar-refractivity contribution >= 4 is 33.3 Å². The number of halogens is 2. The molecule has 0 bridgehead atoms. The van der Waals surface area contributed by atoms with Gasteiger partial charge in [-0.15, -0.1) is 0 Å². The molecule has 2 heterocycles. The summed E-state index contributed by atoms with van der Waals surface area (Å²) in [7, 11) is -3.75. The van der Waals surface area contributed by atoms with Crippen LogP contribution in [0.5, 0.6) is 0 Å². The Hall–Kier alpha value is -1.16. The highest BCUT2D eigenvalue weighted by Gasteiger charge is 2.37. The van der Waals surface area contributed by atoms with E-state index in [0.717, 1.165) is 6.26 Å². The van der Waals surface area contributed by atoms with Gasteiger partial charge in [0.15, 0.2) is 6.29 Å². The fraction of sp³-hybridized carbons (Fsp3) is 0.400. The van der Waals surface area contributed by atoms with Gasteiger partial charge in [0.1, 0.15) is 12.2 Å². The van der Waals surface area contributed by atoms with Crippen LogP contribution in [0.3, 0.4) is 0 Å². The smallest absolute Gasteiger partial charge is 0.265 e. The van der Waals surface area contributed by atoms with Crippen LogP contribution in [0, 0.1) is 0 Å². The topological polar surface area (TPSA) is 79.7 Å². The molecule has 1 aromatic heterocycles. The summed E-state index contributed by atoms with van der Waals surface area (Å²) in [5.74, 6) is 0. The molecule has 0 radical (unpaired) electrons. The molecule has 0 N–H and O–H groups in total. The number of rotatable bonds is 6. The van der Waals surface area contributed by atoms with Crippen molar-refractivity contribution in [3.63, 3.8) is 0 Å². The zero-order valence-corrected chi connectivity index (χ0v) is 15.5. The van der Waals surface area contributed by atoms with Crippen LogP contribution in [-0.4, -0.2) is 43.2 Å². The maximum absolute atomic E-state index is 11.7. The zero-order valence-electron chi connectivity index (χ0n) is 13.2. The molecule has 10 heteroatoms. The first-order chi connectivity index (χ1) is 11.8. The minimum atomic E-state index is -3.75. The highest BCUT2D eigenvalue weighted by atomic mass is 35.5. The molecule has 2 aromatic rings. The van der Waals surface area contributed by atoms with Gasteiger partial charge in [-0.05, 0) is 12.1 Å². The third kappa shape index (κ3) is 4.93. The molecule has 0 saturated carbocycles. The van der Waals surface area contributed by atoms with Crippen molar-refractivity contribution in [2.45, 2.75) is 25.0 Å². The number of hydrogen-bond donors (Lipinski definition) is 0. The molecule has 7 nitrogen and oxygen atoms in total. The molecule has 1 aliphatic heterocycles. The lowest BCUT2D eigenvalue weighted by Crippen LogP contribution is -2.27. The SMILES string of the molecule is CS(=O)(=O)OC(c1ccc(Cl)cc1Cl)C1COC(Cn2ccnc2)O1. The van der Waals surface area contributed by atoms with E-state index < -0.39 is 28.6 Å². The summed E-state index contributed by atoms with van der Waals surface area (Å²) in [5.41, 5.74) is 0.466. The molecule has 0 amide bonds. The Balaban J connectivity index is 1.80. The second-order valence-electron chi connectivity index (χ2n) is 5.58. The number of imidazole rings is 1. The Kier molecular flexibility index (Phi) is 5.67. The Morgan fingerprint density at radius 3 is 2.88 bits per heavy atom. The van der Waals surface area contributed by atoms with E-state index in [1.54, 1.807) is 35.4 Å². The summed E-state index contributed by atoms with van der Waals surface area (Å²) in [6.45, 7) is 0.592. The van der Waals surface area contributed by atoms with Crippen LogP contribution >= 0.6 is 23.2 Å². The van der Waals surface area contributed by atoms with Crippen molar-refractivity contribution in [2.24, 2.45) is 0 Å². The summed E-state index contributed by atoms with van der Waals surface area (Å²) >= 11 is 12.1. The second-order valence-corrected chi connectivity index (χ2v) is 8.03. The third-order valence-corrected chi connectivity index (χ3v) is 4.70. The van der Waals surface area contributed by atoms with Crippen molar-refractivity contribution in [1.82, 2.24) is 9.55 Å². The lowest BCUT2D eigenvalue weighted by Gasteiger charge is -2.23. The van der Waals surface area contributed by atoms with Crippen LogP contribution in [0.4, 0.5) is 0 Å². The molecule has 0 aliphatic carbocycles. The van der Waals surface area contributed by atoms with Gasteiger partial charge in [-0.3, -0.25) is 4.18 Å². The normalized spacial score (nSPS) is 22.2. The van der Waals surface area contributed by atoms with E-state index in [1.807, 2.05) is 0 Å². The lowest BCUT2D eigenvalue weighted by atomic mass is 10.1. The van der Waals surface area contributed by atoms with Gasteiger partial charge in [-0.25, -0.2) is 4.98 Å². The standard InChI is InChI=1S/C15H16Cl2N2O5S/c1-25(20,21)24-15(11-3-2-10(16)6-12(11)17)13-8-22-14(23-13)7-19-5-4-18-9-19/h2-6,9,13-15H,7-8H2,1H3. The molecule has 1 fully saturated rings. The van der Waals surface area contributed by atoms with E-state index in [9.17, 15) is 8.42 Å². The zero-order chi connectivity index (χ0) is 18.0. The lowest BCUT2D eigenvalue weighted by molar-refractivity contribution is -0.0844. The minimum Gasteiger partial charge on any atom is -0.348 e. The fourth-order valence-electron chi connectivity index (χ4n) is 2.53. The van der Waals surface area contributed by atoms with Gasteiger partial charge >= 0.3 is 0 Å². The highest BCUT2D eigenvalue weighted by Crippen LogP contribution is 2.35. The van der Waals surface area contributed by atoms with Gasteiger partial charge in [-0.1, -0.05) is 29.3 Å². The first-order valence-electron chi connectivity index (χ1n) is 7.38. The Labute approximate surface area is 155 Å². The summed E-state index contributed by atoms with van der Waals surface area (Å²) in [6.07, 6.45) is 3.92. The Bertz CT molecular complexity index is 828. The predicted octanol–water partition coefficient (Wildman–Crippen LogP) is 2.65. The molecule has 136 valence electrons. The van der Waals surface area contributed by atoms with Crippen molar-refractivity contribution in [1.29, 1.82) is 0 Å². The molecule has 1 aromatic carbocycles. The maximum Gasteiger partial charge on any atom is 0.265 e. The average Bonchev–Trinajstić information content (AvgIpc) is 3.17. The molecule has 3 atom stereocenters. The van der Waals surface area contributed by atoms with E-state index in [1.165, 1.54) is 6.07 Å². The number of benzene rings is 1. The van der Waals surface area contributed by atoms with Crippen LogP contribution in [0.2, 0.25) is 10.0 Å². The van der Waals surface area contributed by atoms with Gasteiger partial charge in [0.2, 0.25) is 0 Å². The van der Waals surface area contributed by atoms with E-state index in [0.29, 0.717) is 22.2 Å². The summed E-state index contributed by atoms with van der Waals surface area (Å²) in [4.78, 5) is 3.95. The number of ether oxygens (including phenoxy) is 2. The highest BCUT2D eigenvalue weighted by molar-refractivity contribution is 7.86. The van der Waals surface area contributed by atoms with Crippen LogP contribution in [-0.2, 0) is 30.3 Å². The van der Waals surface area contributed by atoms with Gasteiger partial charge in [0, 0.05) is 28.0 Å². The maximum atomic E-state index is 11.7. The monoisotopic (exact) mass is 406 g/mol.